The molecule has 0 aliphatic heterocycles. The van der Waals surface area contributed by atoms with Crippen molar-refractivity contribution in [1.82, 2.24) is 10.2 Å². The third-order valence-electron chi connectivity index (χ3n) is 3.52. The molecule has 0 atom stereocenters. The lowest BCUT2D eigenvalue weighted by atomic mass is 10.1. The Balaban J connectivity index is 0.000000896. The Morgan fingerprint density at radius 2 is 1.73 bits per heavy atom. The molecule has 1 rings (SSSR count). The van der Waals surface area contributed by atoms with Gasteiger partial charge in [-0.25, -0.2) is 9.59 Å². The molecular formula is C18H26N2O6. The highest BCUT2D eigenvalue weighted by atomic mass is 16.4. The summed E-state index contributed by atoms with van der Waals surface area (Å²) in [6.07, 6.45) is 2.25. The van der Waals surface area contributed by atoms with E-state index in [0.29, 0.717) is 18.5 Å². The Labute approximate surface area is 152 Å². The van der Waals surface area contributed by atoms with Crippen LogP contribution in [0.15, 0.2) is 30.9 Å². The predicted molar refractivity (Wildman–Crippen MR) is 97.4 cm³/mol. The zero-order valence-electron chi connectivity index (χ0n) is 15.1. The number of nitrogens with one attached hydrogen (secondary N) is 1. The molecule has 0 fully saturated rings. The van der Waals surface area contributed by atoms with E-state index in [-0.39, 0.29) is 11.7 Å². The molecule has 8 nitrogen and oxygen atoms in total. The summed E-state index contributed by atoms with van der Waals surface area (Å²) in [7, 11) is 0. The van der Waals surface area contributed by atoms with E-state index in [2.05, 4.69) is 30.6 Å². The molecule has 1 aromatic carbocycles. The van der Waals surface area contributed by atoms with Gasteiger partial charge in [0, 0.05) is 13.1 Å². The van der Waals surface area contributed by atoms with E-state index in [0.717, 1.165) is 25.2 Å². The van der Waals surface area contributed by atoms with E-state index in [9.17, 15) is 9.90 Å². The van der Waals surface area contributed by atoms with Crippen LogP contribution in [0.4, 0.5) is 0 Å². The summed E-state index contributed by atoms with van der Waals surface area (Å²) in [4.78, 5) is 32.5. The average molecular weight is 366 g/mol. The van der Waals surface area contributed by atoms with Crippen LogP contribution in [0.25, 0.3) is 0 Å². The molecule has 0 bridgehead atoms. The van der Waals surface area contributed by atoms with Crippen LogP contribution in [0, 0.1) is 0 Å². The number of aliphatic carboxylic acids is 2. The van der Waals surface area contributed by atoms with Crippen molar-refractivity contribution in [2.75, 3.05) is 26.2 Å². The Morgan fingerprint density at radius 3 is 2.19 bits per heavy atom. The van der Waals surface area contributed by atoms with Gasteiger partial charge in [0.2, 0.25) is 0 Å². The second-order valence-corrected chi connectivity index (χ2v) is 5.20. The van der Waals surface area contributed by atoms with Crippen LogP contribution in [-0.2, 0) is 16.0 Å². The van der Waals surface area contributed by atoms with Crippen LogP contribution in [0.3, 0.4) is 0 Å². The molecule has 0 spiro atoms. The summed E-state index contributed by atoms with van der Waals surface area (Å²) in [6.45, 7) is 11.1. The quantitative estimate of drug-likeness (QED) is 0.404. The van der Waals surface area contributed by atoms with E-state index in [1.54, 1.807) is 24.3 Å². The van der Waals surface area contributed by atoms with Gasteiger partial charge in [0.15, 0.2) is 0 Å². The van der Waals surface area contributed by atoms with Crippen molar-refractivity contribution in [1.29, 1.82) is 0 Å². The second kappa shape index (κ2) is 12.5. The van der Waals surface area contributed by atoms with Crippen molar-refractivity contribution in [3.63, 3.8) is 0 Å². The van der Waals surface area contributed by atoms with Crippen molar-refractivity contribution < 1.29 is 29.7 Å². The first-order chi connectivity index (χ1) is 12.3. The standard InChI is InChI=1S/C16H24N2O2.C2H2O4/c1-4-8-13-9-7-10-14(15(13)19)16(20)17-11-12-18(5-2)6-3;3-1(4)2(5)6/h4,7,9-10,19H,1,5-6,8,11-12H2,2-3H3,(H,17,20);(H,3,4)(H,5,6). The number of amides is 1. The molecule has 4 N–H and O–H groups in total. The average Bonchev–Trinajstić information content (AvgIpc) is 2.61. The first-order valence-electron chi connectivity index (χ1n) is 8.16. The molecule has 0 aliphatic carbocycles. The topological polar surface area (TPSA) is 127 Å². The van der Waals surface area contributed by atoms with Gasteiger partial charge in [-0.15, -0.1) is 6.58 Å². The van der Waals surface area contributed by atoms with Gasteiger partial charge >= 0.3 is 11.9 Å². The number of aromatic hydroxyl groups is 1. The van der Waals surface area contributed by atoms with Gasteiger partial charge in [0.25, 0.3) is 5.91 Å². The molecule has 8 heteroatoms. The smallest absolute Gasteiger partial charge is 0.414 e. The molecule has 0 saturated carbocycles. The lowest BCUT2D eigenvalue weighted by Crippen LogP contribution is -2.34. The number of carbonyl (C=O) groups is 3. The van der Waals surface area contributed by atoms with Crippen LogP contribution in [0.5, 0.6) is 5.75 Å². The summed E-state index contributed by atoms with van der Waals surface area (Å²) in [5.41, 5.74) is 1.04. The SMILES string of the molecule is C=CCc1cccc(C(=O)NCCN(CC)CC)c1O.O=C(O)C(=O)O. The Kier molecular flexibility index (Phi) is 11.1. The largest absolute Gasteiger partial charge is 0.507 e. The maximum atomic E-state index is 12.1. The van der Waals surface area contributed by atoms with Crippen molar-refractivity contribution >= 4 is 17.8 Å². The molecule has 0 unspecified atom stereocenters. The molecule has 0 saturated heterocycles. The van der Waals surface area contributed by atoms with Crippen LogP contribution in [0.2, 0.25) is 0 Å². The first-order valence-corrected chi connectivity index (χ1v) is 8.16. The number of likely N-dealkylation sites (N-methyl/N-ethyl adjacent to an activating group) is 1. The van der Waals surface area contributed by atoms with Gasteiger partial charge in [-0.2, -0.15) is 0 Å². The highest BCUT2D eigenvalue weighted by Crippen LogP contribution is 2.22. The molecule has 0 aliphatic rings. The lowest BCUT2D eigenvalue weighted by molar-refractivity contribution is -0.159. The van der Waals surface area contributed by atoms with Crippen LogP contribution < -0.4 is 5.32 Å². The molecule has 1 aromatic rings. The molecule has 0 aromatic heterocycles. The highest BCUT2D eigenvalue weighted by molar-refractivity contribution is 6.27. The van der Waals surface area contributed by atoms with Crippen molar-refractivity contribution in [2.45, 2.75) is 20.3 Å². The number of carboxylic acids is 2. The summed E-state index contributed by atoms with van der Waals surface area (Å²) in [6, 6.07) is 5.20. The monoisotopic (exact) mass is 366 g/mol. The molecule has 0 radical (unpaired) electrons. The van der Waals surface area contributed by atoms with Gasteiger partial charge < -0.3 is 25.5 Å². The fourth-order valence-corrected chi connectivity index (χ4v) is 2.06. The maximum absolute atomic E-state index is 12.1. The Bertz CT molecular complexity index is 614. The minimum Gasteiger partial charge on any atom is -0.507 e. The summed E-state index contributed by atoms with van der Waals surface area (Å²) in [5.74, 6) is -3.83. The van der Waals surface area contributed by atoms with E-state index in [1.165, 1.54) is 0 Å². The predicted octanol–water partition coefficient (Wildman–Crippen LogP) is 1.35. The van der Waals surface area contributed by atoms with Gasteiger partial charge in [0.1, 0.15) is 5.75 Å². The molecule has 144 valence electrons. The minimum absolute atomic E-state index is 0.0488. The Morgan fingerprint density at radius 1 is 1.15 bits per heavy atom. The van der Waals surface area contributed by atoms with E-state index >= 15 is 0 Å². The number of hydrogen-bond acceptors (Lipinski definition) is 5. The van der Waals surface area contributed by atoms with E-state index in [1.807, 2.05) is 0 Å². The van der Waals surface area contributed by atoms with Crippen molar-refractivity contribution in [2.24, 2.45) is 0 Å². The normalized spacial score (nSPS) is 9.81. The zero-order valence-corrected chi connectivity index (χ0v) is 15.1. The maximum Gasteiger partial charge on any atom is 0.414 e. The fourth-order valence-electron chi connectivity index (χ4n) is 2.06. The number of phenolic OH excluding ortho intramolecular Hbond substituents is 1. The van der Waals surface area contributed by atoms with Gasteiger partial charge in [-0.3, -0.25) is 4.79 Å². The zero-order chi connectivity index (χ0) is 20.1. The summed E-state index contributed by atoms with van der Waals surface area (Å²) >= 11 is 0. The number of hydrogen-bond donors (Lipinski definition) is 4. The number of phenols is 1. The van der Waals surface area contributed by atoms with Crippen molar-refractivity contribution in [3.05, 3.63) is 42.0 Å². The molecular weight excluding hydrogens is 340 g/mol. The van der Waals surface area contributed by atoms with E-state index in [4.69, 9.17) is 19.8 Å². The summed E-state index contributed by atoms with van der Waals surface area (Å²) < 4.78 is 0. The number of carboxylic acid groups (broad SMARTS) is 2. The number of carbonyl (C=O) groups excluding carboxylic acids is 1. The van der Waals surface area contributed by atoms with Gasteiger partial charge in [0.05, 0.1) is 5.56 Å². The molecule has 0 heterocycles. The number of nitrogens with zero attached hydrogens (tertiary/aromatic N) is 1. The van der Waals surface area contributed by atoms with Crippen LogP contribution in [-0.4, -0.2) is 64.2 Å². The molecule has 1 amide bonds. The fraction of sp³-hybridized carbons (Fsp3) is 0.389. The van der Waals surface area contributed by atoms with Crippen LogP contribution >= 0.6 is 0 Å². The third-order valence-corrected chi connectivity index (χ3v) is 3.52. The lowest BCUT2D eigenvalue weighted by Gasteiger charge is -2.18. The number of benzene rings is 1. The number of para-hydroxylation sites is 1. The first kappa shape index (κ1) is 23.1. The molecule has 26 heavy (non-hydrogen) atoms. The highest BCUT2D eigenvalue weighted by Gasteiger charge is 2.13. The second-order valence-electron chi connectivity index (χ2n) is 5.20. The van der Waals surface area contributed by atoms with Crippen LogP contribution in [0.1, 0.15) is 29.8 Å². The van der Waals surface area contributed by atoms with Crippen molar-refractivity contribution in [3.8, 4) is 5.75 Å². The summed E-state index contributed by atoms with van der Waals surface area (Å²) in [5, 5.41) is 27.7. The minimum atomic E-state index is -1.82. The third kappa shape index (κ3) is 8.29. The number of rotatable bonds is 8. The Hall–Kier alpha value is -2.87. The van der Waals surface area contributed by atoms with Gasteiger partial charge in [-0.05, 0) is 31.1 Å². The van der Waals surface area contributed by atoms with E-state index < -0.39 is 11.9 Å². The van der Waals surface area contributed by atoms with Gasteiger partial charge in [-0.1, -0.05) is 32.1 Å². The number of allylic oxidation sites excluding steroid dienone is 1.